The molecule has 0 radical (unpaired) electrons. The maximum atomic E-state index is 4.29. The summed E-state index contributed by atoms with van der Waals surface area (Å²) in [5.74, 6) is 0. The van der Waals surface area contributed by atoms with Gasteiger partial charge in [0.1, 0.15) is 0 Å². The Balaban J connectivity index is 1.95. The van der Waals surface area contributed by atoms with Crippen LogP contribution in [0.1, 0.15) is 20.8 Å². The van der Waals surface area contributed by atoms with Gasteiger partial charge >= 0.3 is 0 Å². The Morgan fingerprint density at radius 2 is 2.10 bits per heavy atom. The predicted molar refractivity (Wildman–Crippen MR) is 85.2 cm³/mol. The molecule has 2 aromatic rings. The van der Waals surface area contributed by atoms with Crippen molar-refractivity contribution in [3.05, 3.63) is 36.7 Å². The van der Waals surface area contributed by atoms with Gasteiger partial charge in [0.05, 0.1) is 0 Å². The maximum Gasteiger partial charge on any atom is 0.0462 e. The van der Waals surface area contributed by atoms with Gasteiger partial charge in [-0.25, -0.2) is 0 Å². The van der Waals surface area contributed by atoms with Gasteiger partial charge < -0.3 is 10.2 Å². The Labute approximate surface area is 121 Å². The summed E-state index contributed by atoms with van der Waals surface area (Å²) in [6.07, 6.45) is 3.85. The molecule has 3 nitrogen and oxygen atoms in total. The Hall–Kier alpha value is -1.61. The standard InChI is InChI=1S/C17H23N3/c1-17(2,3)16-12-20(10-9-19-16)15-6-4-5-13-7-8-18-11-14(13)15/h4-8,11,16,19H,9-10,12H2,1-3H3. The molecule has 3 rings (SSSR count). The van der Waals surface area contributed by atoms with E-state index in [2.05, 4.69) is 60.2 Å². The van der Waals surface area contributed by atoms with Gasteiger partial charge in [0.2, 0.25) is 0 Å². The van der Waals surface area contributed by atoms with Gasteiger partial charge in [0, 0.05) is 49.1 Å². The minimum absolute atomic E-state index is 0.279. The van der Waals surface area contributed by atoms with Crippen LogP contribution in [0.3, 0.4) is 0 Å². The van der Waals surface area contributed by atoms with Crippen LogP contribution >= 0.6 is 0 Å². The monoisotopic (exact) mass is 269 g/mol. The van der Waals surface area contributed by atoms with E-state index >= 15 is 0 Å². The van der Waals surface area contributed by atoms with Crippen LogP contribution < -0.4 is 10.2 Å². The molecule has 0 aliphatic carbocycles. The SMILES string of the molecule is CC(C)(C)C1CN(c2cccc3ccncc23)CCN1. The quantitative estimate of drug-likeness (QED) is 0.862. The van der Waals surface area contributed by atoms with Crippen molar-refractivity contribution in [2.45, 2.75) is 26.8 Å². The minimum atomic E-state index is 0.279. The Kier molecular flexibility index (Phi) is 3.38. The number of pyridine rings is 1. The lowest BCUT2D eigenvalue weighted by atomic mass is 9.85. The Morgan fingerprint density at radius 1 is 1.25 bits per heavy atom. The minimum Gasteiger partial charge on any atom is -0.368 e. The van der Waals surface area contributed by atoms with Crippen molar-refractivity contribution in [2.75, 3.05) is 24.5 Å². The third kappa shape index (κ3) is 2.50. The number of piperazine rings is 1. The van der Waals surface area contributed by atoms with Gasteiger partial charge in [-0.15, -0.1) is 0 Å². The highest BCUT2D eigenvalue weighted by molar-refractivity contribution is 5.93. The third-order valence-corrected chi connectivity index (χ3v) is 4.22. The van der Waals surface area contributed by atoms with Crippen molar-refractivity contribution in [2.24, 2.45) is 5.41 Å². The molecule has 0 saturated carbocycles. The largest absolute Gasteiger partial charge is 0.368 e. The van der Waals surface area contributed by atoms with E-state index in [9.17, 15) is 0 Å². The van der Waals surface area contributed by atoms with Crippen molar-refractivity contribution < 1.29 is 0 Å². The molecule has 3 heteroatoms. The zero-order valence-electron chi connectivity index (χ0n) is 12.6. The van der Waals surface area contributed by atoms with E-state index in [4.69, 9.17) is 0 Å². The molecule has 1 saturated heterocycles. The maximum absolute atomic E-state index is 4.29. The molecule has 1 fully saturated rings. The first kappa shape index (κ1) is 13.4. The van der Waals surface area contributed by atoms with Gasteiger partial charge in [-0.1, -0.05) is 32.9 Å². The highest BCUT2D eigenvalue weighted by atomic mass is 15.2. The zero-order valence-corrected chi connectivity index (χ0v) is 12.6. The first-order valence-electron chi connectivity index (χ1n) is 7.37. The van der Waals surface area contributed by atoms with E-state index in [0.29, 0.717) is 6.04 Å². The summed E-state index contributed by atoms with van der Waals surface area (Å²) in [5, 5.41) is 6.17. The van der Waals surface area contributed by atoms with Gasteiger partial charge in [0.15, 0.2) is 0 Å². The van der Waals surface area contributed by atoms with E-state index in [1.165, 1.54) is 16.5 Å². The molecule has 20 heavy (non-hydrogen) atoms. The number of nitrogens with one attached hydrogen (secondary N) is 1. The molecule has 1 aliphatic heterocycles. The van der Waals surface area contributed by atoms with Crippen LogP contribution in [0.4, 0.5) is 5.69 Å². The molecule has 0 spiro atoms. The second kappa shape index (κ2) is 5.06. The summed E-state index contributed by atoms with van der Waals surface area (Å²) in [6, 6.07) is 9.12. The van der Waals surface area contributed by atoms with E-state index in [1.54, 1.807) is 0 Å². The van der Waals surface area contributed by atoms with Crippen molar-refractivity contribution >= 4 is 16.5 Å². The van der Waals surface area contributed by atoms with Crippen LogP contribution in [-0.2, 0) is 0 Å². The molecule has 1 aromatic carbocycles. The molecule has 1 unspecified atom stereocenters. The molecule has 0 bridgehead atoms. The number of anilines is 1. The van der Waals surface area contributed by atoms with Crippen LogP contribution in [0.25, 0.3) is 10.8 Å². The number of fused-ring (bicyclic) bond motifs is 1. The molecule has 1 atom stereocenters. The summed E-state index contributed by atoms with van der Waals surface area (Å²) in [4.78, 5) is 6.79. The number of nitrogens with zero attached hydrogens (tertiary/aromatic N) is 2. The summed E-state index contributed by atoms with van der Waals surface area (Å²) in [6.45, 7) is 10.1. The lowest BCUT2D eigenvalue weighted by Crippen LogP contribution is -2.56. The smallest absolute Gasteiger partial charge is 0.0462 e. The predicted octanol–water partition coefficient (Wildman–Crippen LogP) is 3.06. The first-order valence-corrected chi connectivity index (χ1v) is 7.37. The van der Waals surface area contributed by atoms with Crippen LogP contribution in [0.5, 0.6) is 0 Å². The fourth-order valence-electron chi connectivity index (χ4n) is 2.92. The number of benzene rings is 1. The number of hydrogen-bond donors (Lipinski definition) is 1. The van der Waals surface area contributed by atoms with Gasteiger partial charge in [0.25, 0.3) is 0 Å². The van der Waals surface area contributed by atoms with Crippen LogP contribution in [0.15, 0.2) is 36.7 Å². The lowest BCUT2D eigenvalue weighted by molar-refractivity contribution is 0.254. The van der Waals surface area contributed by atoms with E-state index < -0.39 is 0 Å². The van der Waals surface area contributed by atoms with E-state index in [0.717, 1.165) is 19.6 Å². The van der Waals surface area contributed by atoms with Crippen LogP contribution in [-0.4, -0.2) is 30.7 Å². The summed E-state index contributed by atoms with van der Waals surface area (Å²) in [7, 11) is 0. The highest BCUT2D eigenvalue weighted by Crippen LogP contribution is 2.29. The molecule has 1 N–H and O–H groups in total. The van der Waals surface area contributed by atoms with Crippen molar-refractivity contribution in [3.63, 3.8) is 0 Å². The van der Waals surface area contributed by atoms with Crippen molar-refractivity contribution in [3.8, 4) is 0 Å². The lowest BCUT2D eigenvalue weighted by Gasteiger charge is -2.41. The fraction of sp³-hybridized carbons (Fsp3) is 0.471. The Morgan fingerprint density at radius 3 is 2.90 bits per heavy atom. The Bertz CT molecular complexity index is 595. The second-order valence-electron chi connectivity index (χ2n) is 6.69. The number of rotatable bonds is 1. The second-order valence-corrected chi connectivity index (χ2v) is 6.69. The zero-order chi connectivity index (χ0) is 14.2. The van der Waals surface area contributed by atoms with Gasteiger partial charge in [-0.2, -0.15) is 0 Å². The molecule has 1 aromatic heterocycles. The van der Waals surface area contributed by atoms with Gasteiger partial charge in [-0.3, -0.25) is 4.98 Å². The normalized spacial score (nSPS) is 20.4. The van der Waals surface area contributed by atoms with Gasteiger partial charge in [-0.05, 0) is 22.9 Å². The molecular formula is C17H23N3. The highest BCUT2D eigenvalue weighted by Gasteiger charge is 2.29. The topological polar surface area (TPSA) is 28.2 Å². The third-order valence-electron chi connectivity index (χ3n) is 4.22. The molecule has 0 amide bonds. The van der Waals surface area contributed by atoms with Crippen LogP contribution in [0, 0.1) is 5.41 Å². The molecule has 2 heterocycles. The average molecular weight is 269 g/mol. The molecular weight excluding hydrogens is 246 g/mol. The average Bonchev–Trinajstić information content (AvgIpc) is 2.46. The summed E-state index contributed by atoms with van der Waals surface area (Å²) < 4.78 is 0. The van der Waals surface area contributed by atoms with E-state index in [1.807, 2.05) is 12.4 Å². The van der Waals surface area contributed by atoms with Crippen LogP contribution in [0.2, 0.25) is 0 Å². The number of aromatic nitrogens is 1. The van der Waals surface area contributed by atoms with Crippen molar-refractivity contribution in [1.29, 1.82) is 0 Å². The van der Waals surface area contributed by atoms with Crippen molar-refractivity contribution in [1.82, 2.24) is 10.3 Å². The fourth-order valence-corrected chi connectivity index (χ4v) is 2.92. The van der Waals surface area contributed by atoms with E-state index in [-0.39, 0.29) is 5.41 Å². The number of hydrogen-bond acceptors (Lipinski definition) is 3. The summed E-state index contributed by atoms with van der Waals surface area (Å²) >= 11 is 0. The molecule has 106 valence electrons. The molecule has 1 aliphatic rings. The first-order chi connectivity index (χ1) is 9.55. The summed E-state index contributed by atoms with van der Waals surface area (Å²) in [5.41, 5.74) is 1.59.